The lowest BCUT2D eigenvalue weighted by molar-refractivity contribution is -0.112. The van der Waals surface area contributed by atoms with Gasteiger partial charge in [-0.1, -0.05) is 36.4 Å². The van der Waals surface area contributed by atoms with Crippen LogP contribution < -0.4 is 10.2 Å². The zero-order valence-corrected chi connectivity index (χ0v) is 19.5. The van der Waals surface area contributed by atoms with Crippen molar-refractivity contribution in [1.82, 2.24) is 4.90 Å². The molecular weight excluding hydrogens is 436 g/mol. The molecule has 0 bridgehead atoms. The number of aryl methyl sites for hydroxylation is 1. The molecular formula is C26H27ClN4O2. The van der Waals surface area contributed by atoms with Gasteiger partial charge in [0.15, 0.2) is 0 Å². The van der Waals surface area contributed by atoms with Gasteiger partial charge >= 0.3 is 0 Å². The third kappa shape index (κ3) is 5.05. The minimum atomic E-state index is -0.458. The number of halogens is 1. The van der Waals surface area contributed by atoms with Gasteiger partial charge in [0, 0.05) is 54.5 Å². The van der Waals surface area contributed by atoms with Crippen LogP contribution in [0.15, 0.2) is 66.4 Å². The molecule has 3 aromatic carbocycles. The lowest BCUT2D eigenvalue weighted by Gasteiger charge is -2.36. The Labute approximate surface area is 200 Å². The Morgan fingerprint density at radius 2 is 1.67 bits per heavy atom. The van der Waals surface area contributed by atoms with E-state index in [1.165, 1.54) is 16.8 Å². The van der Waals surface area contributed by atoms with E-state index in [4.69, 9.17) is 0 Å². The fourth-order valence-electron chi connectivity index (χ4n) is 4.08. The topological polar surface area (TPSA) is 79.6 Å². The highest BCUT2D eigenvalue weighted by Gasteiger charge is 2.19. The molecule has 1 saturated heterocycles. The number of piperazine rings is 1. The molecule has 1 aliphatic heterocycles. The Balaban J connectivity index is 0.00000306. The molecule has 1 fully saturated rings. The number of nitrogens with zero attached hydrogens (tertiary/aromatic N) is 3. The van der Waals surface area contributed by atoms with Crippen molar-refractivity contribution in [3.63, 3.8) is 0 Å². The van der Waals surface area contributed by atoms with Gasteiger partial charge in [-0.2, -0.15) is 5.26 Å². The second-order valence-corrected chi connectivity index (χ2v) is 8.03. The molecule has 0 unspecified atom stereocenters. The summed E-state index contributed by atoms with van der Waals surface area (Å²) in [6.07, 6.45) is 1.65. The van der Waals surface area contributed by atoms with Crippen LogP contribution >= 0.6 is 12.4 Å². The van der Waals surface area contributed by atoms with Crippen molar-refractivity contribution in [3.8, 4) is 11.8 Å². The van der Waals surface area contributed by atoms with Gasteiger partial charge in [0.25, 0.3) is 5.91 Å². The van der Waals surface area contributed by atoms with Crippen molar-refractivity contribution < 1.29 is 9.90 Å². The van der Waals surface area contributed by atoms with Crippen LogP contribution in [0.2, 0.25) is 0 Å². The Kier molecular flexibility index (Phi) is 7.47. The van der Waals surface area contributed by atoms with E-state index in [9.17, 15) is 15.2 Å². The summed E-state index contributed by atoms with van der Waals surface area (Å²) < 4.78 is 0. The van der Waals surface area contributed by atoms with Crippen LogP contribution in [0.5, 0.6) is 5.75 Å². The molecule has 170 valence electrons. The number of carbonyl (C=O) groups excluding carboxylic acids is 1. The smallest absolute Gasteiger partial charge is 0.267 e. The molecule has 0 aliphatic carbocycles. The van der Waals surface area contributed by atoms with E-state index in [1.54, 1.807) is 36.5 Å². The zero-order chi connectivity index (χ0) is 22.7. The molecule has 0 aromatic heterocycles. The van der Waals surface area contributed by atoms with Crippen LogP contribution in [0, 0.1) is 25.2 Å². The fraction of sp³-hybridized carbons (Fsp3) is 0.231. The summed E-state index contributed by atoms with van der Waals surface area (Å²) in [5.74, 6) is -0.309. The number of hydrogen-bond donors (Lipinski definition) is 2. The molecule has 0 spiro atoms. The quantitative estimate of drug-likeness (QED) is 0.432. The molecule has 1 amide bonds. The van der Waals surface area contributed by atoms with Crippen LogP contribution in [0.25, 0.3) is 10.8 Å². The molecule has 3 aromatic rings. The van der Waals surface area contributed by atoms with Crippen LogP contribution in [0.3, 0.4) is 0 Å². The first-order valence-corrected chi connectivity index (χ1v) is 10.7. The number of anilines is 2. The first kappa shape index (κ1) is 24.0. The SMILES string of the molecule is Cc1cccc(N2CCN(/C=C(/C#N)C(=O)Nc3cccc4c(O)cccc34)CC2)c1C.Cl. The van der Waals surface area contributed by atoms with Gasteiger partial charge in [-0.25, -0.2) is 0 Å². The third-order valence-electron chi connectivity index (χ3n) is 6.06. The van der Waals surface area contributed by atoms with Crippen LogP contribution in [0.1, 0.15) is 11.1 Å². The van der Waals surface area contributed by atoms with E-state index >= 15 is 0 Å². The summed E-state index contributed by atoms with van der Waals surface area (Å²) in [7, 11) is 0. The van der Waals surface area contributed by atoms with Gasteiger partial charge < -0.3 is 20.2 Å². The van der Waals surface area contributed by atoms with Gasteiger partial charge in [-0.05, 0) is 43.2 Å². The average Bonchev–Trinajstić information content (AvgIpc) is 2.80. The van der Waals surface area contributed by atoms with Crippen molar-refractivity contribution in [2.45, 2.75) is 13.8 Å². The van der Waals surface area contributed by atoms with Gasteiger partial charge in [0.2, 0.25) is 0 Å². The number of rotatable bonds is 4. The van der Waals surface area contributed by atoms with E-state index in [0.29, 0.717) is 11.1 Å². The second-order valence-electron chi connectivity index (χ2n) is 8.03. The highest BCUT2D eigenvalue weighted by atomic mass is 35.5. The molecule has 33 heavy (non-hydrogen) atoms. The van der Waals surface area contributed by atoms with Crippen molar-refractivity contribution in [2.75, 3.05) is 36.4 Å². The maximum absolute atomic E-state index is 12.8. The highest BCUT2D eigenvalue weighted by molar-refractivity contribution is 6.11. The van der Waals surface area contributed by atoms with Crippen molar-refractivity contribution in [1.29, 1.82) is 5.26 Å². The van der Waals surface area contributed by atoms with Crippen LogP contribution in [-0.2, 0) is 4.79 Å². The second kappa shape index (κ2) is 10.3. The largest absolute Gasteiger partial charge is 0.507 e. The Morgan fingerprint density at radius 1 is 1.00 bits per heavy atom. The first-order valence-electron chi connectivity index (χ1n) is 10.7. The summed E-state index contributed by atoms with van der Waals surface area (Å²) in [4.78, 5) is 17.2. The zero-order valence-electron chi connectivity index (χ0n) is 18.7. The molecule has 2 N–H and O–H groups in total. The van der Waals surface area contributed by atoms with E-state index in [1.807, 2.05) is 17.0 Å². The Bertz CT molecular complexity index is 1240. The third-order valence-corrected chi connectivity index (χ3v) is 6.06. The molecule has 7 heteroatoms. The monoisotopic (exact) mass is 462 g/mol. The van der Waals surface area contributed by atoms with E-state index in [0.717, 1.165) is 31.6 Å². The predicted octanol–water partition coefficient (Wildman–Crippen LogP) is 4.75. The number of phenols is 1. The van der Waals surface area contributed by atoms with E-state index < -0.39 is 5.91 Å². The van der Waals surface area contributed by atoms with E-state index in [-0.39, 0.29) is 23.7 Å². The van der Waals surface area contributed by atoms with Gasteiger partial charge in [0.05, 0.1) is 0 Å². The predicted molar refractivity (Wildman–Crippen MR) is 135 cm³/mol. The average molecular weight is 463 g/mol. The highest BCUT2D eigenvalue weighted by Crippen LogP contribution is 2.30. The number of amides is 1. The lowest BCUT2D eigenvalue weighted by Crippen LogP contribution is -2.44. The van der Waals surface area contributed by atoms with Crippen molar-refractivity contribution in [2.24, 2.45) is 0 Å². The number of carbonyl (C=O) groups is 1. The Morgan fingerprint density at radius 3 is 2.39 bits per heavy atom. The number of nitriles is 1. The summed E-state index contributed by atoms with van der Waals surface area (Å²) >= 11 is 0. The number of hydrogen-bond acceptors (Lipinski definition) is 5. The number of aromatic hydroxyl groups is 1. The summed E-state index contributed by atoms with van der Waals surface area (Å²) in [5.41, 5.74) is 4.42. The number of fused-ring (bicyclic) bond motifs is 1. The molecule has 4 rings (SSSR count). The normalized spacial score (nSPS) is 13.9. The Hall–Kier alpha value is -3.69. The van der Waals surface area contributed by atoms with Crippen LogP contribution in [-0.4, -0.2) is 42.1 Å². The standard InChI is InChI=1S/C26H26N4O2.ClH/c1-18-6-3-10-24(19(18)2)30-14-12-29(13-15-30)17-20(16-27)26(32)28-23-9-4-8-22-21(23)7-5-11-25(22)31;/h3-11,17,31H,12-15H2,1-2H3,(H,28,32);1H/b20-17-;. The molecule has 6 nitrogen and oxygen atoms in total. The maximum atomic E-state index is 12.8. The molecule has 0 atom stereocenters. The van der Waals surface area contributed by atoms with Gasteiger partial charge in [0.1, 0.15) is 17.4 Å². The minimum absolute atomic E-state index is 0. The van der Waals surface area contributed by atoms with Crippen LogP contribution in [0.4, 0.5) is 11.4 Å². The van der Waals surface area contributed by atoms with E-state index in [2.05, 4.69) is 42.3 Å². The van der Waals surface area contributed by atoms with Crippen molar-refractivity contribution in [3.05, 3.63) is 77.5 Å². The molecule has 0 radical (unpaired) electrons. The molecule has 1 aliphatic rings. The summed E-state index contributed by atoms with van der Waals surface area (Å²) in [6, 6.07) is 18.8. The molecule has 0 saturated carbocycles. The van der Waals surface area contributed by atoms with Gasteiger partial charge in [-0.3, -0.25) is 4.79 Å². The lowest BCUT2D eigenvalue weighted by atomic mass is 10.1. The first-order chi connectivity index (χ1) is 15.5. The fourth-order valence-corrected chi connectivity index (χ4v) is 4.08. The summed E-state index contributed by atoms with van der Waals surface area (Å²) in [5, 5.41) is 23.8. The summed E-state index contributed by atoms with van der Waals surface area (Å²) in [6.45, 7) is 7.37. The molecule has 1 heterocycles. The number of benzene rings is 3. The number of nitrogens with one attached hydrogen (secondary N) is 1. The number of phenolic OH excluding ortho intramolecular Hbond substituents is 1. The maximum Gasteiger partial charge on any atom is 0.267 e. The van der Waals surface area contributed by atoms with Gasteiger partial charge in [-0.15, -0.1) is 12.4 Å². The minimum Gasteiger partial charge on any atom is -0.507 e. The van der Waals surface area contributed by atoms with Crippen molar-refractivity contribution >= 4 is 40.5 Å².